The van der Waals surface area contributed by atoms with Crippen LogP contribution >= 0.6 is 0 Å². The fourth-order valence-electron chi connectivity index (χ4n) is 2.92. The minimum atomic E-state index is -0.746. The summed E-state index contributed by atoms with van der Waals surface area (Å²) in [4.78, 5) is 28.6. The number of anilines is 2. The fraction of sp³-hybridized carbons (Fsp3) is 0.0476. The number of pyridine rings is 2. The van der Waals surface area contributed by atoms with E-state index in [2.05, 4.69) is 20.7 Å². The Morgan fingerprint density at radius 3 is 2.39 bits per heavy atom. The summed E-state index contributed by atoms with van der Waals surface area (Å²) in [6.07, 6.45) is 3.28. The third-order valence-electron chi connectivity index (χ3n) is 4.50. The van der Waals surface area contributed by atoms with Crippen molar-refractivity contribution in [3.8, 4) is 0 Å². The Morgan fingerprint density at radius 2 is 1.65 bits per heavy atom. The molecule has 0 saturated carbocycles. The van der Waals surface area contributed by atoms with Crippen molar-refractivity contribution in [2.24, 2.45) is 0 Å². The molecule has 10 heteroatoms. The maximum atomic E-state index is 14.4. The molecule has 0 radical (unpaired) electrons. The van der Waals surface area contributed by atoms with Gasteiger partial charge in [-0.05, 0) is 48.9 Å². The Bertz CT molecular complexity index is 1320. The molecule has 1 aromatic carbocycles. The first-order valence-corrected chi connectivity index (χ1v) is 8.99. The zero-order valence-electron chi connectivity index (χ0n) is 16.0. The number of rotatable bonds is 4. The van der Waals surface area contributed by atoms with Crippen LogP contribution in [0.3, 0.4) is 0 Å². The first kappa shape index (κ1) is 20.1. The Hall–Kier alpha value is -4.21. The zero-order chi connectivity index (χ0) is 22.1. The van der Waals surface area contributed by atoms with Gasteiger partial charge in [0.1, 0.15) is 23.1 Å². The van der Waals surface area contributed by atoms with Gasteiger partial charge < -0.3 is 10.6 Å². The summed E-state index contributed by atoms with van der Waals surface area (Å²) in [6, 6.07) is 7.24. The number of carbonyl (C=O) groups excluding carboxylic acids is 2. The Balaban J connectivity index is 1.59. The number of aryl methyl sites for hydroxylation is 1. The number of benzene rings is 1. The summed E-state index contributed by atoms with van der Waals surface area (Å²) in [5, 5.41) is 8.93. The summed E-state index contributed by atoms with van der Waals surface area (Å²) in [7, 11) is 0. The molecule has 0 atom stereocenters. The van der Waals surface area contributed by atoms with Crippen molar-refractivity contribution in [2.75, 3.05) is 10.6 Å². The number of carbonyl (C=O) groups is 2. The van der Waals surface area contributed by atoms with Gasteiger partial charge in [0, 0.05) is 5.69 Å². The van der Waals surface area contributed by atoms with Crippen LogP contribution in [0, 0.1) is 24.4 Å². The van der Waals surface area contributed by atoms with Gasteiger partial charge in [-0.1, -0.05) is 0 Å². The largest absolute Gasteiger partial charge is 0.322 e. The van der Waals surface area contributed by atoms with Gasteiger partial charge in [0.25, 0.3) is 11.8 Å². The van der Waals surface area contributed by atoms with Gasteiger partial charge in [0.05, 0.1) is 35.4 Å². The van der Waals surface area contributed by atoms with Gasteiger partial charge in [0.15, 0.2) is 0 Å². The Labute approximate surface area is 173 Å². The number of hydrogen-bond donors (Lipinski definition) is 2. The van der Waals surface area contributed by atoms with E-state index in [0.717, 1.165) is 30.6 Å². The van der Waals surface area contributed by atoms with E-state index in [4.69, 9.17) is 0 Å². The molecule has 0 aliphatic carbocycles. The zero-order valence-corrected chi connectivity index (χ0v) is 16.0. The molecule has 31 heavy (non-hydrogen) atoms. The van der Waals surface area contributed by atoms with Crippen molar-refractivity contribution >= 4 is 28.7 Å². The van der Waals surface area contributed by atoms with E-state index in [1.807, 2.05) is 0 Å². The molecule has 3 heterocycles. The molecule has 0 saturated heterocycles. The van der Waals surface area contributed by atoms with Crippen LogP contribution < -0.4 is 10.6 Å². The second-order valence-electron chi connectivity index (χ2n) is 6.65. The molecule has 0 aliphatic heterocycles. The van der Waals surface area contributed by atoms with Crippen LogP contribution in [-0.2, 0) is 0 Å². The van der Waals surface area contributed by atoms with Crippen molar-refractivity contribution in [3.63, 3.8) is 0 Å². The van der Waals surface area contributed by atoms with E-state index in [-0.39, 0.29) is 22.6 Å². The predicted octanol–water partition coefficient (Wildman–Crippen LogP) is 3.96. The molecule has 7 nitrogen and oxygen atoms in total. The third kappa shape index (κ3) is 4.08. The maximum Gasteiger partial charge on any atom is 0.274 e. The minimum absolute atomic E-state index is 0.106. The normalized spacial score (nSPS) is 10.8. The van der Waals surface area contributed by atoms with Crippen molar-refractivity contribution in [3.05, 3.63) is 89.3 Å². The molecule has 3 aromatic heterocycles. The molecule has 0 spiro atoms. The van der Waals surface area contributed by atoms with Crippen molar-refractivity contribution < 1.29 is 22.8 Å². The lowest BCUT2D eigenvalue weighted by molar-refractivity contribution is 0.101. The highest BCUT2D eigenvalue weighted by molar-refractivity contribution is 6.09. The van der Waals surface area contributed by atoms with Crippen LogP contribution in [0.25, 0.3) is 5.52 Å². The predicted molar refractivity (Wildman–Crippen MR) is 106 cm³/mol. The molecule has 0 bridgehead atoms. The number of nitrogens with zero attached hydrogens (tertiary/aromatic N) is 3. The van der Waals surface area contributed by atoms with E-state index >= 15 is 0 Å². The van der Waals surface area contributed by atoms with Crippen molar-refractivity contribution in [1.82, 2.24) is 14.6 Å². The molecule has 2 N–H and O–H groups in total. The molecule has 0 fully saturated rings. The monoisotopic (exact) mass is 425 g/mol. The van der Waals surface area contributed by atoms with E-state index in [1.54, 1.807) is 6.92 Å². The van der Waals surface area contributed by atoms with Crippen molar-refractivity contribution in [1.29, 1.82) is 0 Å². The molecule has 0 aliphatic rings. The highest BCUT2D eigenvalue weighted by Crippen LogP contribution is 2.25. The van der Waals surface area contributed by atoms with Crippen LogP contribution in [0.5, 0.6) is 0 Å². The van der Waals surface area contributed by atoms with Crippen molar-refractivity contribution in [2.45, 2.75) is 6.92 Å². The summed E-state index contributed by atoms with van der Waals surface area (Å²) in [5.41, 5.74) is 0.922. The molecule has 0 unspecified atom stereocenters. The van der Waals surface area contributed by atoms with Gasteiger partial charge in [-0.15, -0.1) is 0 Å². The number of nitrogens with one attached hydrogen (secondary N) is 2. The molecular formula is C21H14F3N5O2. The van der Waals surface area contributed by atoms with Gasteiger partial charge in [-0.25, -0.2) is 22.7 Å². The average molecular weight is 425 g/mol. The number of halogens is 3. The fourth-order valence-corrected chi connectivity index (χ4v) is 2.92. The molecular weight excluding hydrogens is 411 g/mol. The first-order chi connectivity index (χ1) is 14.8. The van der Waals surface area contributed by atoms with Crippen LogP contribution in [0.15, 0.2) is 55.0 Å². The molecule has 4 aromatic rings. The number of amides is 2. The number of aromatic nitrogens is 3. The second kappa shape index (κ2) is 7.90. The molecule has 156 valence electrons. The number of hydrogen-bond acceptors (Lipinski definition) is 4. The van der Waals surface area contributed by atoms with Crippen LogP contribution in [0.2, 0.25) is 0 Å². The quantitative estimate of drug-likeness (QED) is 0.518. The van der Waals surface area contributed by atoms with E-state index in [1.165, 1.54) is 28.9 Å². The minimum Gasteiger partial charge on any atom is -0.322 e. The lowest BCUT2D eigenvalue weighted by Gasteiger charge is -2.12. The van der Waals surface area contributed by atoms with Crippen LogP contribution in [0.4, 0.5) is 24.5 Å². The van der Waals surface area contributed by atoms with Gasteiger partial charge >= 0.3 is 0 Å². The maximum absolute atomic E-state index is 14.4. The standard InChI is InChI=1S/C21H14F3N5O2/c1-11-6-15(24)18(28-21(31)16-4-2-12(22)8-25-16)7-17(11)27-20(30)14-9-26-29-10-13(23)3-5-19(14)29/h2-10H,1H3,(H,27,30)(H,28,31). The highest BCUT2D eigenvalue weighted by Gasteiger charge is 2.17. The summed E-state index contributed by atoms with van der Waals surface area (Å²) >= 11 is 0. The van der Waals surface area contributed by atoms with Crippen LogP contribution in [-0.4, -0.2) is 26.4 Å². The molecule has 4 rings (SSSR count). The summed E-state index contributed by atoms with van der Waals surface area (Å²) in [5.74, 6) is -3.14. The van der Waals surface area contributed by atoms with Crippen LogP contribution in [0.1, 0.15) is 26.4 Å². The van der Waals surface area contributed by atoms with Gasteiger partial charge in [-0.2, -0.15) is 5.10 Å². The summed E-state index contributed by atoms with van der Waals surface area (Å²) in [6.45, 7) is 1.58. The third-order valence-corrected chi connectivity index (χ3v) is 4.50. The second-order valence-corrected chi connectivity index (χ2v) is 6.65. The Morgan fingerprint density at radius 1 is 0.903 bits per heavy atom. The topological polar surface area (TPSA) is 88.4 Å². The average Bonchev–Trinajstić information content (AvgIpc) is 3.15. The molecule has 2 amide bonds. The lowest BCUT2D eigenvalue weighted by Crippen LogP contribution is -2.16. The van der Waals surface area contributed by atoms with E-state index in [0.29, 0.717) is 11.1 Å². The highest BCUT2D eigenvalue weighted by atomic mass is 19.1. The Kier molecular flexibility index (Phi) is 5.12. The smallest absolute Gasteiger partial charge is 0.274 e. The summed E-state index contributed by atoms with van der Waals surface area (Å²) < 4.78 is 41.9. The lowest BCUT2D eigenvalue weighted by atomic mass is 10.1. The number of fused-ring (bicyclic) bond motifs is 1. The van der Waals surface area contributed by atoms with Gasteiger partial charge in [0.2, 0.25) is 0 Å². The van der Waals surface area contributed by atoms with E-state index < -0.39 is 29.3 Å². The SMILES string of the molecule is Cc1cc(F)c(NC(=O)c2ccc(F)cn2)cc1NC(=O)c1cnn2cc(F)ccc12. The first-order valence-electron chi connectivity index (χ1n) is 8.99. The van der Waals surface area contributed by atoms with E-state index in [9.17, 15) is 22.8 Å². The van der Waals surface area contributed by atoms with Gasteiger partial charge in [-0.3, -0.25) is 9.59 Å².